The summed E-state index contributed by atoms with van der Waals surface area (Å²) in [5, 5.41) is 12.5. The Morgan fingerprint density at radius 3 is 2.61 bits per heavy atom. The molecule has 0 fully saturated rings. The number of rotatable bonds is 2. The summed E-state index contributed by atoms with van der Waals surface area (Å²) in [5.74, 6) is -0.208. The van der Waals surface area contributed by atoms with Gasteiger partial charge >= 0.3 is 0 Å². The highest BCUT2D eigenvalue weighted by Crippen LogP contribution is 2.39. The van der Waals surface area contributed by atoms with E-state index in [1.807, 2.05) is 44.2 Å². The van der Waals surface area contributed by atoms with Crippen molar-refractivity contribution in [2.45, 2.75) is 20.3 Å². The van der Waals surface area contributed by atoms with Crippen molar-refractivity contribution in [2.75, 3.05) is 5.32 Å². The number of ketones is 1. The number of para-hydroxylation sites is 1. The van der Waals surface area contributed by atoms with Gasteiger partial charge in [-0.15, -0.1) is 0 Å². The maximum absolute atomic E-state index is 11.7. The molecule has 0 radical (unpaired) electrons. The number of nitrogens with zero attached hydrogens (tertiary/aromatic N) is 1. The van der Waals surface area contributed by atoms with E-state index in [2.05, 4.69) is 11.4 Å². The second kappa shape index (κ2) is 4.66. The minimum atomic E-state index is -0.322. The Labute approximate surface area is 107 Å². The molecule has 0 bridgehead atoms. The van der Waals surface area contributed by atoms with Crippen LogP contribution < -0.4 is 5.32 Å². The second-order valence-corrected chi connectivity index (χ2v) is 5.28. The molecule has 1 unspecified atom stereocenters. The zero-order chi connectivity index (χ0) is 13.2. The Hall–Kier alpha value is -2.08. The Balaban J connectivity index is 2.31. The number of carbonyl (C=O) groups excluding carboxylic acids is 1. The molecule has 0 spiro atoms. The summed E-state index contributed by atoms with van der Waals surface area (Å²) in [6, 6.07) is 11.9. The van der Waals surface area contributed by atoms with E-state index in [4.69, 9.17) is 0 Å². The average Bonchev–Trinajstić information content (AvgIpc) is 2.28. The third kappa shape index (κ3) is 2.43. The van der Waals surface area contributed by atoms with Crippen molar-refractivity contribution < 1.29 is 4.79 Å². The number of nitrogens with one attached hydrogen (secondary N) is 1. The zero-order valence-corrected chi connectivity index (χ0v) is 10.6. The SMILES string of the molecule is CC1(C)CC(=O)C=C(Nc2ccccc2)C1C#N. The van der Waals surface area contributed by atoms with Crippen LogP contribution in [0.5, 0.6) is 0 Å². The van der Waals surface area contributed by atoms with Crippen LogP contribution in [-0.4, -0.2) is 5.78 Å². The first-order chi connectivity index (χ1) is 8.53. The van der Waals surface area contributed by atoms with Gasteiger partial charge in [-0.2, -0.15) is 5.26 Å². The van der Waals surface area contributed by atoms with E-state index < -0.39 is 0 Å². The van der Waals surface area contributed by atoms with Crippen LogP contribution in [0.2, 0.25) is 0 Å². The molecule has 0 saturated heterocycles. The molecule has 0 amide bonds. The fourth-order valence-electron chi connectivity index (χ4n) is 2.32. The monoisotopic (exact) mass is 240 g/mol. The summed E-state index contributed by atoms with van der Waals surface area (Å²) in [7, 11) is 0. The van der Waals surface area contributed by atoms with Crippen molar-refractivity contribution in [1.29, 1.82) is 5.26 Å². The largest absolute Gasteiger partial charge is 0.358 e. The highest BCUT2D eigenvalue weighted by molar-refractivity contribution is 5.92. The molecule has 1 aliphatic rings. The molecule has 0 aromatic heterocycles. The minimum Gasteiger partial charge on any atom is -0.358 e. The number of hydrogen-bond acceptors (Lipinski definition) is 3. The number of anilines is 1. The summed E-state index contributed by atoms with van der Waals surface area (Å²) in [4.78, 5) is 11.7. The lowest BCUT2D eigenvalue weighted by Gasteiger charge is -2.34. The fraction of sp³-hybridized carbons (Fsp3) is 0.333. The third-order valence-electron chi connectivity index (χ3n) is 3.23. The minimum absolute atomic E-state index is 0.0740. The highest BCUT2D eigenvalue weighted by Gasteiger charge is 2.38. The van der Waals surface area contributed by atoms with Gasteiger partial charge in [-0.3, -0.25) is 4.79 Å². The predicted molar refractivity (Wildman–Crippen MR) is 70.7 cm³/mol. The molecular weight excluding hydrogens is 224 g/mol. The van der Waals surface area contributed by atoms with Crippen molar-refractivity contribution in [1.82, 2.24) is 0 Å². The Morgan fingerprint density at radius 2 is 2.00 bits per heavy atom. The van der Waals surface area contributed by atoms with E-state index in [0.717, 1.165) is 5.69 Å². The maximum Gasteiger partial charge on any atom is 0.158 e. The van der Waals surface area contributed by atoms with Gasteiger partial charge in [0.05, 0.1) is 12.0 Å². The van der Waals surface area contributed by atoms with Gasteiger partial charge in [0.2, 0.25) is 0 Å². The third-order valence-corrected chi connectivity index (χ3v) is 3.23. The van der Waals surface area contributed by atoms with Gasteiger partial charge in [0, 0.05) is 23.9 Å². The number of carbonyl (C=O) groups is 1. The summed E-state index contributed by atoms with van der Waals surface area (Å²) < 4.78 is 0. The van der Waals surface area contributed by atoms with Crippen molar-refractivity contribution in [3.05, 3.63) is 42.1 Å². The standard InChI is InChI=1S/C15H16N2O/c1-15(2)9-12(18)8-14(13(15)10-16)17-11-6-4-3-5-7-11/h3-8,13,17H,9H2,1-2H3. The molecule has 3 heteroatoms. The summed E-state index contributed by atoms with van der Waals surface area (Å²) in [6.45, 7) is 3.91. The summed E-state index contributed by atoms with van der Waals surface area (Å²) in [5.41, 5.74) is 1.27. The number of benzene rings is 1. The van der Waals surface area contributed by atoms with Crippen LogP contribution in [-0.2, 0) is 4.79 Å². The smallest absolute Gasteiger partial charge is 0.158 e. The first-order valence-corrected chi connectivity index (χ1v) is 5.99. The van der Waals surface area contributed by atoms with Crippen LogP contribution in [0.3, 0.4) is 0 Å². The van der Waals surface area contributed by atoms with Gasteiger partial charge in [0.1, 0.15) is 0 Å². The molecule has 1 aromatic rings. The lowest BCUT2D eigenvalue weighted by molar-refractivity contribution is -0.117. The van der Waals surface area contributed by atoms with Gasteiger partial charge in [-0.1, -0.05) is 32.0 Å². The molecule has 18 heavy (non-hydrogen) atoms. The molecule has 1 aliphatic carbocycles. The van der Waals surface area contributed by atoms with Crippen molar-refractivity contribution in [3.8, 4) is 6.07 Å². The van der Waals surface area contributed by atoms with Gasteiger partial charge < -0.3 is 5.32 Å². The normalized spacial score (nSPS) is 21.9. The van der Waals surface area contributed by atoms with Crippen LogP contribution in [0, 0.1) is 22.7 Å². The van der Waals surface area contributed by atoms with E-state index in [0.29, 0.717) is 12.1 Å². The summed E-state index contributed by atoms with van der Waals surface area (Å²) >= 11 is 0. The molecule has 0 heterocycles. The number of allylic oxidation sites excluding steroid dienone is 2. The van der Waals surface area contributed by atoms with E-state index in [1.54, 1.807) is 6.08 Å². The van der Waals surface area contributed by atoms with E-state index >= 15 is 0 Å². The number of nitriles is 1. The molecule has 2 rings (SSSR count). The van der Waals surface area contributed by atoms with Gasteiger partial charge in [0.15, 0.2) is 5.78 Å². The molecular formula is C15H16N2O. The molecule has 1 N–H and O–H groups in total. The van der Waals surface area contributed by atoms with Gasteiger partial charge in [0.25, 0.3) is 0 Å². The lowest BCUT2D eigenvalue weighted by atomic mass is 9.70. The Kier molecular flexibility index (Phi) is 3.20. The zero-order valence-electron chi connectivity index (χ0n) is 10.6. The second-order valence-electron chi connectivity index (χ2n) is 5.28. The molecule has 1 aromatic carbocycles. The Bertz CT molecular complexity index is 523. The van der Waals surface area contributed by atoms with Crippen LogP contribution >= 0.6 is 0 Å². The van der Waals surface area contributed by atoms with Crippen LogP contribution in [0.1, 0.15) is 20.3 Å². The highest BCUT2D eigenvalue weighted by atomic mass is 16.1. The summed E-state index contributed by atoms with van der Waals surface area (Å²) in [6.07, 6.45) is 1.98. The van der Waals surface area contributed by atoms with Crippen molar-refractivity contribution in [2.24, 2.45) is 11.3 Å². The fourth-order valence-corrected chi connectivity index (χ4v) is 2.32. The van der Waals surface area contributed by atoms with Gasteiger partial charge in [-0.25, -0.2) is 0 Å². The van der Waals surface area contributed by atoms with E-state index in [9.17, 15) is 10.1 Å². The van der Waals surface area contributed by atoms with Crippen molar-refractivity contribution >= 4 is 11.5 Å². The molecule has 92 valence electrons. The van der Waals surface area contributed by atoms with Crippen LogP contribution in [0.15, 0.2) is 42.1 Å². The predicted octanol–water partition coefficient (Wildman–Crippen LogP) is 3.12. The van der Waals surface area contributed by atoms with E-state index in [1.165, 1.54) is 0 Å². The molecule has 1 atom stereocenters. The van der Waals surface area contributed by atoms with Gasteiger partial charge in [-0.05, 0) is 17.5 Å². The number of hydrogen-bond donors (Lipinski definition) is 1. The van der Waals surface area contributed by atoms with Crippen LogP contribution in [0.4, 0.5) is 5.69 Å². The maximum atomic E-state index is 11.7. The quantitative estimate of drug-likeness (QED) is 0.864. The van der Waals surface area contributed by atoms with Crippen LogP contribution in [0.25, 0.3) is 0 Å². The average molecular weight is 240 g/mol. The Morgan fingerprint density at radius 1 is 1.33 bits per heavy atom. The molecule has 0 saturated carbocycles. The lowest BCUT2D eigenvalue weighted by Crippen LogP contribution is -2.34. The molecule has 0 aliphatic heterocycles. The molecule has 3 nitrogen and oxygen atoms in total. The first-order valence-electron chi connectivity index (χ1n) is 5.99. The topological polar surface area (TPSA) is 52.9 Å². The van der Waals surface area contributed by atoms with E-state index in [-0.39, 0.29) is 17.1 Å². The first kappa shape index (κ1) is 12.4. The van der Waals surface area contributed by atoms with Crippen molar-refractivity contribution in [3.63, 3.8) is 0 Å².